The molecule has 2 aromatic rings. The van der Waals surface area contributed by atoms with Crippen molar-refractivity contribution in [3.05, 3.63) is 71.5 Å². The van der Waals surface area contributed by atoms with E-state index in [9.17, 15) is 4.39 Å². The Morgan fingerprint density at radius 3 is 2.26 bits per heavy atom. The number of thiocarbonyl (C=S) groups is 1. The zero-order valence-electron chi connectivity index (χ0n) is 10.4. The average molecular weight is 274 g/mol. The van der Waals surface area contributed by atoms with Crippen LogP contribution < -0.4 is 10.6 Å². The summed E-state index contributed by atoms with van der Waals surface area (Å²) in [5, 5.41) is 6.60. The van der Waals surface area contributed by atoms with Crippen LogP contribution in [0.1, 0.15) is 11.1 Å². The summed E-state index contributed by atoms with van der Waals surface area (Å²) in [7, 11) is 0. The topological polar surface area (TPSA) is 24.1 Å². The maximum atomic E-state index is 13.4. The van der Waals surface area contributed by atoms with E-state index in [4.69, 9.17) is 12.2 Å². The van der Waals surface area contributed by atoms with E-state index in [2.05, 4.69) is 10.6 Å². The van der Waals surface area contributed by atoms with E-state index in [1.54, 1.807) is 18.2 Å². The zero-order valence-corrected chi connectivity index (χ0v) is 11.2. The third kappa shape index (κ3) is 4.34. The van der Waals surface area contributed by atoms with Gasteiger partial charge in [-0.05, 0) is 23.8 Å². The van der Waals surface area contributed by atoms with Gasteiger partial charge in [0.1, 0.15) is 5.82 Å². The van der Waals surface area contributed by atoms with Crippen molar-refractivity contribution in [2.24, 2.45) is 0 Å². The van der Waals surface area contributed by atoms with Crippen LogP contribution in [0.3, 0.4) is 0 Å². The van der Waals surface area contributed by atoms with E-state index >= 15 is 0 Å². The molecule has 2 aromatic carbocycles. The highest BCUT2D eigenvalue weighted by atomic mass is 32.1. The lowest BCUT2D eigenvalue weighted by atomic mass is 10.2. The van der Waals surface area contributed by atoms with Gasteiger partial charge in [0.2, 0.25) is 0 Å². The van der Waals surface area contributed by atoms with Crippen molar-refractivity contribution in [1.29, 1.82) is 0 Å². The second-order valence-electron chi connectivity index (χ2n) is 4.11. The molecule has 0 radical (unpaired) electrons. The molecule has 0 heterocycles. The van der Waals surface area contributed by atoms with E-state index in [0.29, 0.717) is 23.8 Å². The highest BCUT2D eigenvalue weighted by molar-refractivity contribution is 7.80. The van der Waals surface area contributed by atoms with Crippen molar-refractivity contribution < 1.29 is 4.39 Å². The molecule has 0 unspecified atom stereocenters. The van der Waals surface area contributed by atoms with Crippen molar-refractivity contribution in [3.63, 3.8) is 0 Å². The van der Waals surface area contributed by atoms with Gasteiger partial charge in [-0.1, -0.05) is 48.5 Å². The van der Waals surface area contributed by atoms with E-state index in [0.717, 1.165) is 5.56 Å². The van der Waals surface area contributed by atoms with Gasteiger partial charge in [-0.2, -0.15) is 0 Å². The quantitative estimate of drug-likeness (QED) is 0.838. The van der Waals surface area contributed by atoms with Gasteiger partial charge in [0, 0.05) is 18.7 Å². The van der Waals surface area contributed by atoms with Gasteiger partial charge in [-0.3, -0.25) is 0 Å². The predicted molar refractivity (Wildman–Crippen MR) is 79.1 cm³/mol. The molecular weight excluding hydrogens is 259 g/mol. The number of hydrogen-bond acceptors (Lipinski definition) is 1. The van der Waals surface area contributed by atoms with Crippen molar-refractivity contribution in [3.8, 4) is 0 Å². The van der Waals surface area contributed by atoms with Crippen molar-refractivity contribution >= 4 is 17.3 Å². The first-order chi connectivity index (χ1) is 9.25. The lowest BCUT2D eigenvalue weighted by Gasteiger charge is -2.11. The number of hydrogen-bond donors (Lipinski definition) is 2. The summed E-state index contributed by atoms with van der Waals surface area (Å²) in [6, 6.07) is 16.6. The van der Waals surface area contributed by atoms with Crippen molar-refractivity contribution in [2.45, 2.75) is 13.1 Å². The minimum Gasteiger partial charge on any atom is -0.359 e. The first-order valence-corrected chi connectivity index (χ1v) is 6.45. The third-order valence-electron chi connectivity index (χ3n) is 2.69. The zero-order chi connectivity index (χ0) is 13.5. The fraction of sp³-hybridized carbons (Fsp3) is 0.133. The van der Waals surface area contributed by atoms with Crippen LogP contribution in [-0.4, -0.2) is 5.11 Å². The Kier molecular flexibility index (Phi) is 4.86. The summed E-state index contributed by atoms with van der Waals surface area (Å²) < 4.78 is 13.4. The molecule has 0 fully saturated rings. The van der Waals surface area contributed by atoms with Gasteiger partial charge in [-0.15, -0.1) is 0 Å². The maximum Gasteiger partial charge on any atom is 0.166 e. The van der Waals surface area contributed by atoms with E-state index in [-0.39, 0.29) is 5.82 Å². The maximum absolute atomic E-state index is 13.4. The first-order valence-electron chi connectivity index (χ1n) is 6.05. The fourth-order valence-electron chi connectivity index (χ4n) is 1.66. The second-order valence-corrected chi connectivity index (χ2v) is 4.52. The molecule has 0 saturated carbocycles. The number of halogens is 1. The summed E-state index contributed by atoms with van der Waals surface area (Å²) in [5.74, 6) is -0.221. The lowest BCUT2D eigenvalue weighted by molar-refractivity contribution is 0.605. The van der Waals surface area contributed by atoms with Crippen LogP contribution in [0.5, 0.6) is 0 Å². The fourth-order valence-corrected chi connectivity index (χ4v) is 1.80. The molecule has 0 amide bonds. The summed E-state index contributed by atoms with van der Waals surface area (Å²) in [5.41, 5.74) is 1.75. The van der Waals surface area contributed by atoms with E-state index < -0.39 is 0 Å². The lowest BCUT2D eigenvalue weighted by Crippen LogP contribution is -2.34. The molecule has 0 atom stereocenters. The number of rotatable bonds is 4. The molecule has 0 bridgehead atoms. The highest BCUT2D eigenvalue weighted by Crippen LogP contribution is 2.05. The van der Waals surface area contributed by atoms with Crippen LogP contribution >= 0.6 is 12.2 Å². The van der Waals surface area contributed by atoms with Gasteiger partial charge in [0.05, 0.1) is 0 Å². The van der Waals surface area contributed by atoms with Gasteiger partial charge in [-0.25, -0.2) is 4.39 Å². The SMILES string of the molecule is Fc1ccccc1CNC(=S)NCc1ccccc1. The Balaban J connectivity index is 1.78. The standard InChI is InChI=1S/C15H15FN2S/c16-14-9-5-4-8-13(14)11-18-15(19)17-10-12-6-2-1-3-7-12/h1-9H,10-11H2,(H2,17,18,19). The van der Waals surface area contributed by atoms with Gasteiger partial charge in [0.25, 0.3) is 0 Å². The Morgan fingerprint density at radius 1 is 0.895 bits per heavy atom. The monoisotopic (exact) mass is 274 g/mol. The van der Waals surface area contributed by atoms with Gasteiger partial charge < -0.3 is 10.6 Å². The molecule has 0 aliphatic heterocycles. The van der Waals surface area contributed by atoms with Crippen LogP contribution in [0.25, 0.3) is 0 Å². The average Bonchev–Trinajstić information content (AvgIpc) is 2.45. The molecule has 2 nitrogen and oxygen atoms in total. The van der Waals surface area contributed by atoms with Crippen molar-refractivity contribution in [2.75, 3.05) is 0 Å². The Labute approximate surface area is 117 Å². The summed E-state index contributed by atoms with van der Waals surface area (Å²) >= 11 is 5.15. The minimum atomic E-state index is -0.221. The third-order valence-corrected chi connectivity index (χ3v) is 2.98. The van der Waals surface area contributed by atoms with Crippen LogP contribution in [0.15, 0.2) is 54.6 Å². The summed E-state index contributed by atoms with van der Waals surface area (Å²) in [4.78, 5) is 0. The Morgan fingerprint density at radius 2 is 1.53 bits per heavy atom. The molecule has 0 saturated heterocycles. The van der Waals surface area contributed by atoms with Crippen molar-refractivity contribution in [1.82, 2.24) is 10.6 Å². The van der Waals surface area contributed by atoms with Crippen LogP contribution in [-0.2, 0) is 13.1 Å². The highest BCUT2D eigenvalue weighted by Gasteiger charge is 2.01. The normalized spacial score (nSPS) is 9.95. The number of benzene rings is 2. The second kappa shape index (κ2) is 6.85. The summed E-state index contributed by atoms with van der Waals surface area (Å²) in [6.45, 7) is 1.04. The largest absolute Gasteiger partial charge is 0.359 e. The van der Waals surface area contributed by atoms with Gasteiger partial charge in [0.15, 0.2) is 5.11 Å². The Bertz CT molecular complexity index is 543. The molecule has 2 N–H and O–H groups in total. The van der Waals surface area contributed by atoms with Gasteiger partial charge >= 0.3 is 0 Å². The van der Waals surface area contributed by atoms with Crippen LogP contribution in [0.4, 0.5) is 4.39 Å². The molecule has 0 aliphatic rings. The predicted octanol–water partition coefficient (Wildman–Crippen LogP) is 2.99. The summed E-state index contributed by atoms with van der Waals surface area (Å²) in [6.07, 6.45) is 0. The molecule has 0 aromatic heterocycles. The molecule has 4 heteroatoms. The van der Waals surface area contributed by atoms with E-state index in [1.807, 2.05) is 30.3 Å². The smallest absolute Gasteiger partial charge is 0.166 e. The molecular formula is C15H15FN2S. The Hall–Kier alpha value is -1.94. The molecule has 0 aliphatic carbocycles. The van der Waals surface area contributed by atoms with Crippen LogP contribution in [0, 0.1) is 5.82 Å². The molecule has 98 valence electrons. The minimum absolute atomic E-state index is 0.221. The molecule has 19 heavy (non-hydrogen) atoms. The number of nitrogens with one attached hydrogen (secondary N) is 2. The first kappa shape index (κ1) is 13.5. The van der Waals surface area contributed by atoms with E-state index in [1.165, 1.54) is 6.07 Å². The molecule has 2 rings (SSSR count). The van der Waals surface area contributed by atoms with Crippen LogP contribution in [0.2, 0.25) is 0 Å². The molecule has 0 spiro atoms.